The van der Waals surface area contributed by atoms with Gasteiger partial charge in [-0.3, -0.25) is 4.79 Å². The molecule has 4 heteroatoms. The van der Waals surface area contributed by atoms with E-state index in [4.69, 9.17) is 5.73 Å². The third-order valence-corrected chi connectivity index (χ3v) is 4.10. The maximum Gasteiger partial charge on any atom is 0.251 e. The van der Waals surface area contributed by atoms with Gasteiger partial charge in [0.1, 0.15) is 0 Å². The zero-order chi connectivity index (χ0) is 15.4. The van der Waals surface area contributed by atoms with Crippen LogP contribution in [0.1, 0.15) is 22.3 Å². The van der Waals surface area contributed by atoms with Crippen LogP contribution in [0.4, 0.5) is 5.69 Å². The molecule has 114 valence electrons. The Balaban J connectivity index is 1.58. The maximum absolute atomic E-state index is 12.3. The van der Waals surface area contributed by atoms with Crippen molar-refractivity contribution >= 4 is 11.6 Å². The summed E-state index contributed by atoms with van der Waals surface area (Å²) in [4.78, 5) is 14.6. The number of carbonyl (C=O) groups is 1. The largest absolute Gasteiger partial charge is 0.369 e. The smallest absolute Gasteiger partial charge is 0.251 e. The molecule has 2 aromatic carbocycles. The number of nitrogens with one attached hydrogen (secondary N) is 1. The molecule has 0 radical (unpaired) electrons. The molecule has 0 bridgehead atoms. The first-order chi connectivity index (χ1) is 10.8. The summed E-state index contributed by atoms with van der Waals surface area (Å²) in [6.45, 7) is 2.33. The second kappa shape index (κ2) is 6.62. The number of rotatable bonds is 4. The van der Waals surface area contributed by atoms with Gasteiger partial charge in [0.05, 0.1) is 0 Å². The van der Waals surface area contributed by atoms with Gasteiger partial charge in [-0.15, -0.1) is 0 Å². The number of hydrogen-bond acceptors (Lipinski definition) is 3. The first-order valence-electron chi connectivity index (χ1n) is 7.66. The number of carbonyl (C=O) groups excluding carboxylic acids is 1. The number of anilines is 1. The van der Waals surface area contributed by atoms with Crippen molar-refractivity contribution in [2.75, 3.05) is 18.0 Å². The first kappa shape index (κ1) is 14.6. The molecule has 1 aliphatic heterocycles. The lowest BCUT2D eigenvalue weighted by Crippen LogP contribution is -2.37. The quantitative estimate of drug-likeness (QED) is 0.908. The lowest BCUT2D eigenvalue weighted by atomic mass is 10.1. The summed E-state index contributed by atoms with van der Waals surface area (Å²) in [6.07, 6.45) is 0.974. The first-order valence-corrected chi connectivity index (χ1v) is 7.66. The minimum Gasteiger partial charge on any atom is -0.369 e. The van der Waals surface area contributed by atoms with E-state index >= 15 is 0 Å². The Hall–Kier alpha value is -2.33. The van der Waals surface area contributed by atoms with Crippen LogP contribution in [0.3, 0.4) is 0 Å². The summed E-state index contributed by atoms with van der Waals surface area (Å²) >= 11 is 0. The lowest BCUT2D eigenvalue weighted by molar-refractivity contribution is 0.0940. The fourth-order valence-electron chi connectivity index (χ4n) is 2.81. The Bertz CT molecular complexity index is 625. The van der Waals surface area contributed by atoms with Crippen molar-refractivity contribution in [1.29, 1.82) is 0 Å². The van der Waals surface area contributed by atoms with Crippen LogP contribution in [0.5, 0.6) is 0 Å². The van der Waals surface area contributed by atoms with Crippen LogP contribution < -0.4 is 16.0 Å². The standard InChI is InChI=1S/C18H21N3O/c19-12-14-6-8-15(9-7-14)18(22)20-16-10-11-21(13-16)17-4-2-1-3-5-17/h1-9,16H,10-13,19H2,(H,20,22). The molecule has 0 aliphatic carbocycles. The summed E-state index contributed by atoms with van der Waals surface area (Å²) in [5.74, 6) is -0.0107. The number of nitrogens with two attached hydrogens (primary N) is 1. The van der Waals surface area contributed by atoms with Gasteiger partial charge in [-0.25, -0.2) is 0 Å². The third kappa shape index (κ3) is 3.28. The molecule has 1 saturated heterocycles. The van der Waals surface area contributed by atoms with Gasteiger partial charge >= 0.3 is 0 Å². The molecular formula is C18H21N3O. The molecule has 0 aromatic heterocycles. The lowest BCUT2D eigenvalue weighted by Gasteiger charge is -2.19. The average Bonchev–Trinajstić information content (AvgIpc) is 3.04. The monoisotopic (exact) mass is 295 g/mol. The summed E-state index contributed by atoms with van der Waals surface area (Å²) in [6, 6.07) is 18.0. The van der Waals surface area contributed by atoms with Crippen molar-refractivity contribution in [3.8, 4) is 0 Å². The minimum atomic E-state index is -0.0107. The minimum absolute atomic E-state index is 0.0107. The van der Waals surface area contributed by atoms with Crippen molar-refractivity contribution < 1.29 is 4.79 Å². The Kier molecular flexibility index (Phi) is 4.39. The van der Waals surface area contributed by atoms with E-state index < -0.39 is 0 Å². The van der Waals surface area contributed by atoms with Crippen molar-refractivity contribution in [2.45, 2.75) is 19.0 Å². The number of amides is 1. The zero-order valence-electron chi connectivity index (χ0n) is 12.5. The number of benzene rings is 2. The fourth-order valence-corrected chi connectivity index (χ4v) is 2.81. The molecule has 3 rings (SSSR count). The van der Waals surface area contributed by atoms with Gasteiger partial charge in [0.2, 0.25) is 0 Å². The summed E-state index contributed by atoms with van der Waals surface area (Å²) in [7, 11) is 0. The van der Waals surface area contributed by atoms with Crippen molar-refractivity contribution in [3.63, 3.8) is 0 Å². The SMILES string of the molecule is NCc1ccc(C(=O)NC2CCN(c3ccccc3)C2)cc1. The van der Waals surface area contributed by atoms with Crippen molar-refractivity contribution in [3.05, 3.63) is 65.7 Å². The molecule has 1 heterocycles. The summed E-state index contributed by atoms with van der Waals surface area (Å²) in [5.41, 5.74) is 8.51. The Morgan fingerprint density at radius 3 is 2.55 bits per heavy atom. The predicted molar refractivity (Wildman–Crippen MR) is 88.9 cm³/mol. The van der Waals surface area contributed by atoms with Crippen LogP contribution >= 0.6 is 0 Å². The Morgan fingerprint density at radius 1 is 1.14 bits per heavy atom. The van der Waals surface area contributed by atoms with E-state index in [1.165, 1.54) is 5.69 Å². The van der Waals surface area contributed by atoms with Crippen LogP contribution in [0, 0.1) is 0 Å². The highest BCUT2D eigenvalue weighted by Gasteiger charge is 2.24. The maximum atomic E-state index is 12.3. The molecule has 3 N–H and O–H groups in total. The normalized spacial score (nSPS) is 17.5. The van der Waals surface area contributed by atoms with Crippen LogP contribution in [0.25, 0.3) is 0 Å². The van der Waals surface area contributed by atoms with E-state index in [0.29, 0.717) is 12.1 Å². The average molecular weight is 295 g/mol. The summed E-state index contributed by atoms with van der Waals surface area (Å²) in [5, 5.41) is 3.12. The second-order valence-corrected chi connectivity index (χ2v) is 5.64. The van der Waals surface area contributed by atoms with Crippen LogP contribution in [0.15, 0.2) is 54.6 Å². The van der Waals surface area contributed by atoms with Gasteiger partial charge in [-0.1, -0.05) is 30.3 Å². The topological polar surface area (TPSA) is 58.4 Å². The molecular weight excluding hydrogens is 274 g/mol. The molecule has 0 saturated carbocycles. The van der Waals surface area contributed by atoms with Gasteiger partial charge in [0, 0.05) is 36.9 Å². The van der Waals surface area contributed by atoms with Crippen molar-refractivity contribution in [1.82, 2.24) is 5.32 Å². The van der Waals surface area contributed by atoms with Gasteiger partial charge in [-0.2, -0.15) is 0 Å². The van der Waals surface area contributed by atoms with Gasteiger partial charge in [0.15, 0.2) is 0 Å². The van der Waals surface area contributed by atoms with Gasteiger partial charge < -0.3 is 16.0 Å². The predicted octanol–water partition coefficient (Wildman–Crippen LogP) is 2.15. The molecule has 1 unspecified atom stereocenters. The number of nitrogens with zero attached hydrogens (tertiary/aromatic N) is 1. The highest BCUT2D eigenvalue weighted by Crippen LogP contribution is 2.19. The number of para-hydroxylation sites is 1. The molecule has 1 amide bonds. The van der Waals surface area contributed by atoms with E-state index in [9.17, 15) is 4.79 Å². The van der Waals surface area contributed by atoms with Gasteiger partial charge in [0.25, 0.3) is 5.91 Å². The second-order valence-electron chi connectivity index (χ2n) is 5.64. The van der Waals surface area contributed by atoms with E-state index in [1.54, 1.807) is 0 Å². The molecule has 4 nitrogen and oxygen atoms in total. The highest BCUT2D eigenvalue weighted by molar-refractivity contribution is 5.94. The zero-order valence-corrected chi connectivity index (χ0v) is 12.5. The highest BCUT2D eigenvalue weighted by atomic mass is 16.1. The third-order valence-electron chi connectivity index (χ3n) is 4.10. The molecule has 0 spiro atoms. The number of hydrogen-bond donors (Lipinski definition) is 2. The molecule has 22 heavy (non-hydrogen) atoms. The van der Waals surface area contributed by atoms with E-state index in [0.717, 1.165) is 25.1 Å². The van der Waals surface area contributed by atoms with Gasteiger partial charge in [-0.05, 0) is 36.2 Å². The molecule has 1 fully saturated rings. The summed E-state index contributed by atoms with van der Waals surface area (Å²) < 4.78 is 0. The Morgan fingerprint density at radius 2 is 1.86 bits per heavy atom. The molecule has 1 atom stereocenters. The molecule has 1 aliphatic rings. The van der Waals surface area contributed by atoms with E-state index in [1.807, 2.05) is 42.5 Å². The fraction of sp³-hybridized carbons (Fsp3) is 0.278. The van der Waals surface area contributed by atoms with Crippen LogP contribution in [0.2, 0.25) is 0 Å². The molecule has 2 aromatic rings. The van der Waals surface area contributed by atoms with E-state index in [2.05, 4.69) is 22.3 Å². The van der Waals surface area contributed by atoms with Crippen LogP contribution in [-0.4, -0.2) is 25.0 Å². The van der Waals surface area contributed by atoms with Crippen LogP contribution in [-0.2, 0) is 6.54 Å². The van der Waals surface area contributed by atoms with E-state index in [-0.39, 0.29) is 11.9 Å². The Labute approximate surface area is 130 Å². The van der Waals surface area contributed by atoms with Crippen molar-refractivity contribution in [2.24, 2.45) is 5.73 Å².